The van der Waals surface area contributed by atoms with Crippen molar-refractivity contribution in [2.75, 3.05) is 12.4 Å². The van der Waals surface area contributed by atoms with Crippen LogP contribution in [0, 0.1) is 0 Å². The number of hydrogen-bond donors (Lipinski definition) is 1. The van der Waals surface area contributed by atoms with Gasteiger partial charge in [0.05, 0.1) is 7.11 Å². The summed E-state index contributed by atoms with van der Waals surface area (Å²) in [6.45, 7) is -0.187. The molecule has 0 aliphatic heterocycles. The number of pyridine rings is 2. The maximum absolute atomic E-state index is 12.7. The van der Waals surface area contributed by atoms with Gasteiger partial charge in [0.25, 0.3) is 5.56 Å². The standard InChI is InChI=1S/C17H15N3O3/c1-23-15(21)11-20-16-12(6-5-9-18-16)10-14(17(20)22)19-13-7-3-2-4-8-13/h2-10,19H,11H2,1H3. The molecule has 0 fully saturated rings. The first kappa shape index (κ1) is 14.8. The molecule has 0 saturated carbocycles. The molecule has 116 valence electrons. The van der Waals surface area contributed by atoms with Crippen LogP contribution >= 0.6 is 0 Å². The summed E-state index contributed by atoms with van der Waals surface area (Å²) in [6, 6.07) is 14.7. The van der Waals surface area contributed by atoms with Crippen molar-refractivity contribution in [3.63, 3.8) is 0 Å². The SMILES string of the molecule is COC(=O)Cn1c(=O)c(Nc2ccccc2)cc2cccnc21. The highest BCUT2D eigenvalue weighted by molar-refractivity contribution is 5.81. The number of carbonyl (C=O) groups is 1. The summed E-state index contributed by atoms with van der Waals surface area (Å²) in [6.07, 6.45) is 1.58. The fourth-order valence-corrected chi connectivity index (χ4v) is 2.31. The number of carbonyl (C=O) groups excluding carboxylic acids is 1. The Labute approximate surface area is 132 Å². The van der Waals surface area contributed by atoms with E-state index < -0.39 is 5.97 Å². The zero-order valence-electron chi connectivity index (χ0n) is 12.5. The molecule has 0 unspecified atom stereocenters. The Morgan fingerprint density at radius 3 is 2.74 bits per heavy atom. The number of aromatic nitrogens is 2. The molecule has 0 aliphatic rings. The van der Waals surface area contributed by atoms with Crippen LogP contribution in [0.4, 0.5) is 11.4 Å². The van der Waals surface area contributed by atoms with Gasteiger partial charge in [-0.25, -0.2) is 4.98 Å². The lowest BCUT2D eigenvalue weighted by Crippen LogP contribution is -2.27. The number of hydrogen-bond acceptors (Lipinski definition) is 5. The first-order valence-electron chi connectivity index (χ1n) is 7.06. The average molecular weight is 309 g/mol. The maximum Gasteiger partial charge on any atom is 0.325 e. The number of anilines is 2. The predicted molar refractivity (Wildman–Crippen MR) is 87.7 cm³/mol. The van der Waals surface area contributed by atoms with Crippen molar-refractivity contribution in [1.82, 2.24) is 9.55 Å². The van der Waals surface area contributed by atoms with Gasteiger partial charge in [0.1, 0.15) is 17.9 Å². The molecule has 23 heavy (non-hydrogen) atoms. The van der Waals surface area contributed by atoms with Crippen LogP contribution in [0.25, 0.3) is 11.0 Å². The Morgan fingerprint density at radius 1 is 1.22 bits per heavy atom. The fourth-order valence-electron chi connectivity index (χ4n) is 2.31. The molecule has 6 heteroatoms. The van der Waals surface area contributed by atoms with Crippen molar-refractivity contribution in [2.24, 2.45) is 0 Å². The molecular formula is C17H15N3O3. The number of nitrogens with one attached hydrogen (secondary N) is 1. The van der Waals surface area contributed by atoms with Crippen LogP contribution in [-0.2, 0) is 16.1 Å². The molecule has 0 bridgehead atoms. The lowest BCUT2D eigenvalue weighted by atomic mass is 10.2. The molecule has 0 aliphatic carbocycles. The van der Waals surface area contributed by atoms with E-state index in [1.807, 2.05) is 36.4 Å². The summed E-state index contributed by atoms with van der Waals surface area (Å²) in [7, 11) is 1.29. The minimum atomic E-state index is -0.504. The van der Waals surface area contributed by atoms with E-state index in [0.29, 0.717) is 11.3 Å². The smallest absolute Gasteiger partial charge is 0.325 e. The van der Waals surface area contributed by atoms with Crippen LogP contribution < -0.4 is 10.9 Å². The van der Waals surface area contributed by atoms with Crippen LogP contribution in [0.3, 0.4) is 0 Å². The summed E-state index contributed by atoms with van der Waals surface area (Å²) >= 11 is 0. The van der Waals surface area contributed by atoms with Crippen molar-refractivity contribution < 1.29 is 9.53 Å². The largest absolute Gasteiger partial charge is 0.468 e. The Kier molecular flexibility index (Phi) is 4.05. The molecule has 2 aromatic heterocycles. The van der Waals surface area contributed by atoms with Gasteiger partial charge in [-0.05, 0) is 30.3 Å². The average Bonchev–Trinajstić information content (AvgIpc) is 2.59. The minimum absolute atomic E-state index is 0.187. The summed E-state index contributed by atoms with van der Waals surface area (Å²) in [5.74, 6) is -0.504. The van der Waals surface area contributed by atoms with Crippen molar-refractivity contribution in [3.8, 4) is 0 Å². The van der Waals surface area contributed by atoms with Crippen LogP contribution in [0.2, 0.25) is 0 Å². The molecule has 0 amide bonds. The molecule has 3 aromatic rings. The van der Waals surface area contributed by atoms with Gasteiger partial charge < -0.3 is 10.1 Å². The van der Waals surface area contributed by atoms with E-state index in [2.05, 4.69) is 15.0 Å². The van der Waals surface area contributed by atoms with Crippen molar-refractivity contribution >= 4 is 28.4 Å². The highest BCUT2D eigenvalue weighted by Crippen LogP contribution is 2.17. The van der Waals surface area contributed by atoms with Gasteiger partial charge in [-0.2, -0.15) is 0 Å². The van der Waals surface area contributed by atoms with Crippen molar-refractivity contribution in [2.45, 2.75) is 6.54 Å². The third kappa shape index (κ3) is 3.06. The second-order valence-electron chi connectivity index (χ2n) is 4.93. The van der Waals surface area contributed by atoms with Crippen molar-refractivity contribution in [3.05, 3.63) is 65.1 Å². The number of fused-ring (bicyclic) bond motifs is 1. The molecule has 6 nitrogen and oxygen atoms in total. The van der Waals surface area contributed by atoms with Gasteiger partial charge in [-0.1, -0.05) is 18.2 Å². The van der Waals surface area contributed by atoms with E-state index in [4.69, 9.17) is 0 Å². The Morgan fingerprint density at radius 2 is 2.00 bits per heavy atom. The number of nitrogens with zero attached hydrogens (tertiary/aromatic N) is 2. The Bertz CT molecular complexity index is 904. The molecule has 2 heterocycles. The van der Waals surface area contributed by atoms with E-state index in [1.165, 1.54) is 11.7 Å². The number of esters is 1. The first-order valence-corrected chi connectivity index (χ1v) is 7.06. The lowest BCUT2D eigenvalue weighted by molar-refractivity contribution is -0.141. The highest BCUT2D eigenvalue weighted by Gasteiger charge is 2.13. The predicted octanol–water partition coefficient (Wildman–Crippen LogP) is 2.31. The number of ether oxygens (including phenoxy) is 1. The van der Waals surface area contributed by atoms with Gasteiger partial charge in [0.15, 0.2) is 0 Å². The Balaban J connectivity index is 2.13. The van der Waals surface area contributed by atoms with Gasteiger partial charge >= 0.3 is 5.97 Å². The fraction of sp³-hybridized carbons (Fsp3) is 0.118. The second kappa shape index (κ2) is 6.31. The van der Waals surface area contributed by atoms with Gasteiger partial charge in [0, 0.05) is 17.3 Å². The molecule has 0 atom stereocenters. The third-order valence-electron chi connectivity index (χ3n) is 3.42. The maximum atomic E-state index is 12.7. The van der Waals surface area contributed by atoms with E-state index in [0.717, 1.165) is 11.1 Å². The number of methoxy groups -OCH3 is 1. The molecular weight excluding hydrogens is 294 g/mol. The number of para-hydroxylation sites is 1. The van der Waals surface area contributed by atoms with Gasteiger partial charge in [-0.3, -0.25) is 14.2 Å². The monoisotopic (exact) mass is 309 g/mol. The van der Waals surface area contributed by atoms with E-state index in [-0.39, 0.29) is 12.1 Å². The topological polar surface area (TPSA) is 73.2 Å². The normalized spacial score (nSPS) is 10.5. The summed E-state index contributed by atoms with van der Waals surface area (Å²) in [5, 5.41) is 3.84. The summed E-state index contributed by atoms with van der Waals surface area (Å²) in [4.78, 5) is 28.5. The molecule has 0 radical (unpaired) electrons. The summed E-state index contributed by atoms with van der Waals surface area (Å²) < 4.78 is 5.98. The highest BCUT2D eigenvalue weighted by atomic mass is 16.5. The zero-order chi connectivity index (χ0) is 16.2. The van der Waals surface area contributed by atoms with Gasteiger partial charge in [-0.15, -0.1) is 0 Å². The number of rotatable bonds is 4. The molecule has 0 saturated heterocycles. The van der Waals surface area contributed by atoms with Gasteiger partial charge in [0.2, 0.25) is 0 Å². The van der Waals surface area contributed by atoms with E-state index in [9.17, 15) is 9.59 Å². The minimum Gasteiger partial charge on any atom is -0.468 e. The van der Waals surface area contributed by atoms with Crippen molar-refractivity contribution in [1.29, 1.82) is 0 Å². The van der Waals surface area contributed by atoms with Crippen LogP contribution in [0.15, 0.2) is 59.5 Å². The summed E-state index contributed by atoms with van der Waals surface area (Å²) in [5.41, 5.74) is 1.28. The zero-order valence-corrected chi connectivity index (χ0v) is 12.5. The number of benzene rings is 1. The van der Waals surface area contributed by atoms with Crippen LogP contribution in [-0.4, -0.2) is 22.6 Å². The molecule has 3 rings (SSSR count). The first-order chi connectivity index (χ1) is 11.2. The molecule has 1 N–H and O–H groups in total. The van der Waals surface area contributed by atoms with E-state index in [1.54, 1.807) is 18.3 Å². The Hall–Kier alpha value is -3.15. The third-order valence-corrected chi connectivity index (χ3v) is 3.42. The molecule has 0 spiro atoms. The quantitative estimate of drug-likeness (QED) is 0.749. The second-order valence-corrected chi connectivity index (χ2v) is 4.93. The van der Waals surface area contributed by atoms with E-state index >= 15 is 0 Å². The lowest BCUT2D eigenvalue weighted by Gasteiger charge is -2.12. The van der Waals surface area contributed by atoms with Crippen LogP contribution in [0.1, 0.15) is 0 Å². The molecule has 1 aromatic carbocycles. The van der Waals surface area contributed by atoms with Crippen LogP contribution in [0.5, 0.6) is 0 Å².